The molecule has 1 spiro atoms. The maximum absolute atomic E-state index is 12.5. The van der Waals surface area contributed by atoms with Crippen LogP contribution in [0.25, 0.3) is 0 Å². The number of halogens is 1. The number of sulfonamides is 1. The Hall–Kier alpha value is -2.13. The zero-order valence-corrected chi connectivity index (χ0v) is 20.5. The van der Waals surface area contributed by atoms with E-state index in [0.717, 1.165) is 50.7 Å². The van der Waals surface area contributed by atoms with Gasteiger partial charge in [0.2, 0.25) is 15.9 Å². The normalized spacial score (nSPS) is 18.7. The molecule has 2 fully saturated rings. The van der Waals surface area contributed by atoms with Crippen molar-refractivity contribution in [1.29, 1.82) is 0 Å². The average molecular weight is 494 g/mol. The number of piperidine rings is 1. The van der Waals surface area contributed by atoms with Crippen molar-refractivity contribution >= 4 is 34.0 Å². The van der Waals surface area contributed by atoms with Crippen molar-refractivity contribution in [2.24, 2.45) is 0 Å². The number of nitrogens with zero attached hydrogens (tertiary/aromatic N) is 2. The minimum absolute atomic E-state index is 0. The summed E-state index contributed by atoms with van der Waals surface area (Å²) in [4.78, 5) is 16.9. The molecular weight excluding hydrogens is 462 g/mol. The Labute approximate surface area is 202 Å². The Bertz CT molecular complexity index is 1040. The summed E-state index contributed by atoms with van der Waals surface area (Å²) >= 11 is 0. The molecule has 2 aromatic carbocycles. The molecule has 0 atom stereocenters. The van der Waals surface area contributed by atoms with Crippen molar-refractivity contribution in [3.05, 3.63) is 65.7 Å². The Balaban J connectivity index is 0.00000306. The van der Waals surface area contributed by atoms with Crippen molar-refractivity contribution in [3.8, 4) is 0 Å². The largest absolute Gasteiger partial charge is 0.363 e. The molecule has 7 nitrogen and oxygen atoms in total. The molecule has 0 saturated carbocycles. The number of likely N-dealkylation sites (tertiary alicyclic amines) is 1. The summed E-state index contributed by atoms with van der Waals surface area (Å²) in [7, 11) is -3.34. The molecule has 2 heterocycles. The topological polar surface area (TPSA) is 79.0 Å². The number of hydrogen-bond acceptors (Lipinski definition) is 5. The molecule has 1 amide bonds. The van der Waals surface area contributed by atoms with Gasteiger partial charge >= 0.3 is 0 Å². The van der Waals surface area contributed by atoms with Crippen molar-refractivity contribution in [1.82, 2.24) is 9.80 Å². The van der Waals surface area contributed by atoms with Gasteiger partial charge in [-0.2, -0.15) is 0 Å². The number of amides is 1. The van der Waals surface area contributed by atoms with Gasteiger partial charge in [-0.05, 0) is 42.5 Å². The van der Waals surface area contributed by atoms with Gasteiger partial charge in [-0.15, -0.1) is 12.4 Å². The minimum atomic E-state index is -3.34. The molecule has 2 aliphatic rings. The Morgan fingerprint density at radius 1 is 1.03 bits per heavy atom. The molecule has 4 rings (SSSR count). The number of hydrogen-bond donors (Lipinski definition) is 1. The summed E-state index contributed by atoms with van der Waals surface area (Å²) in [6, 6.07) is 17.7. The fraction of sp³-hybridized carbons (Fsp3) is 0.458. The van der Waals surface area contributed by atoms with Gasteiger partial charge in [0, 0.05) is 31.9 Å². The molecule has 0 aromatic heterocycles. The first-order valence-corrected chi connectivity index (χ1v) is 12.9. The van der Waals surface area contributed by atoms with Crippen molar-refractivity contribution < 1.29 is 17.9 Å². The first kappa shape index (κ1) is 25.5. The second kappa shape index (κ2) is 10.9. The molecule has 1 N–H and O–H groups in total. The van der Waals surface area contributed by atoms with E-state index in [-0.39, 0.29) is 30.5 Å². The molecule has 9 heteroatoms. The van der Waals surface area contributed by atoms with Crippen LogP contribution in [-0.4, -0.2) is 68.8 Å². The average Bonchev–Trinajstić information content (AvgIpc) is 2.76. The number of carbonyl (C=O) groups is 1. The molecule has 2 aliphatic heterocycles. The third kappa shape index (κ3) is 7.17. The van der Waals surface area contributed by atoms with Crippen molar-refractivity contribution in [2.45, 2.75) is 31.4 Å². The molecule has 0 bridgehead atoms. The van der Waals surface area contributed by atoms with Gasteiger partial charge in [-0.1, -0.05) is 42.5 Å². The van der Waals surface area contributed by atoms with Crippen LogP contribution in [0.3, 0.4) is 0 Å². The Kier molecular flexibility index (Phi) is 8.39. The highest BCUT2D eigenvalue weighted by Gasteiger charge is 2.42. The molecule has 0 aliphatic carbocycles. The third-order valence-corrected chi connectivity index (χ3v) is 6.87. The van der Waals surface area contributed by atoms with E-state index in [9.17, 15) is 13.2 Å². The van der Waals surface area contributed by atoms with E-state index in [1.54, 1.807) is 18.2 Å². The maximum Gasteiger partial charge on any atom is 0.248 e. The zero-order valence-electron chi connectivity index (χ0n) is 18.9. The van der Waals surface area contributed by atoms with Gasteiger partial charge in [0.15, 0.2) is 0 Å². The number of ether oxygens (including phenoxy) is 1. The Morgan fingerprint density at radius 3 is 2.42 bits per heavy atom. The zero-order chi connectivity index (χ0) is 22.6. The lowest BCUT2D eigenvalue weighted by Crippen LogP contribution is -2.58. The number of carbonyl (C=O) groups excluding carboxylic acids is 1. The maximum atomic E-state index is 12.5. The van der Waals surface area contributed by atoms with E-state index in [2.05, 4.69) is 33.9 Å². The Morgan fingerprint density at radius 2 is 1.73 bits per heavy atom. The highest BCUT2D eigenvalue weighted by atomic mass is 35.5. The van der Waals surface area contributed by atoms with Gasteiger partial charge in [0.1, 0.15) is 6.61 Å². The third-order valence-electron chi connectivity index (χ3n) is 6.26. The van der Waals surface area contributed by atoms with Crippen LogP contribution in [0.15, 0.2) is 54.6 Å². The fourth-order valence-corrected chi connectivity index (χ4v) is 5.07. The van der Waals surface area contributed by atoms with E-state index >= 15 is 0 Å². The van der Waals surface area contributed by atoms with Crippen LogP contribution < -0.4 is 4.72 Å². The molecule has 0 radical (unpaired) electrons. The van der Waals surface area contributed by atoms with Crippen LogP contribution in [0, 0.1) is 0 Å². The van der Waals surface area contributed by atoms with Crippen LogP contribution in [0.5, 0.6) is 0 Å². The van der Waals surface area contributed by atoms with Crippen LogP contribution in [0.2, 0.25) is 0 Å². The summed E-state index contributed by atoms with van der Waals surface area (Å²) in [6.45, 7) is 4.07. The van der Waals surface area contributed by atoms with E-state index in [4.69, 9.17) is 4.74 Å². The highest BCUT2D eigenvalue weighted by Crippen LogP contribution is 2.31. The fourth-order valence-electron chi connectivity index (χ4n) is 4.52. The standard InChI is InChI=1S/C24H31N3O4S.ClH/c1-32(29,30)25-22-9-5-8-21(16-22)17-27-19-24(31-18-23(27)28)11-14-26(15-12-24)13-10-20-6-3-2-4-7-20;/h2-9,16,25H,10-15,17-19H2,1H3;1H. The summed E-state index contributed by atoms with van der Waals surface area (Å²) in [6.07, 6.45) is 3.97. The molecule has 2 saturated heterocycles. The smallest absolute Gasteiger partial charge is 0.248 e. The number of anilines is 1. The second-order valence-corrected chi connectivity index (χ2v) is 10.6. The summed E-state index contributed by atoms with van der Waals surface area (Å²) in [5.41, 5.74) is 2.46. The lowest BCUT2D eigenvalue weighted by molar-refractivity contribution is -0.172. The number of nitrogens with one attached hydrogen (secondary N) is 1. The predicted molar refractivity (Wildman–Crippen MR) is 132 cm³/mol. The summed E-state index contributed by atoms with van der Waals surface area (Å²) in [5, 5.41) is 0. The predicted octanol–water partition coefficient (Wildman–Crippen LogP) is 2.92. The van der Waals surface area contributed by atoms with Crippen LogP contribution >= 0.6 is 12.4 Å². The lowest BCUT2D eigenvalue weighted by Gasteiger charge is -2.47. The molecule has 180 valence electrons. The van der Waals surface area contributed by atoms with E-state index in [1.807, 2.05) is 17.0 Å². The second-order valence-electron chi connectivity index (χ2n) is 8.87. The molecule has 2 aromatic rings. The van der Waals surface area contributed by atoms with Gasteiger partial charge in [-0.25, -0.2) is 8.42 Å². The molecule has 33 heavy (non-hydrogen) atoms. The quantitative estimate of drug-likeness (QED) is 0.641. The van der Waals surface area contributed by atoms with Crippen molar-refractivity contribution in [3.63, 3.8) is 0 Å². The summed E-state index contributed by atoms with van der Waals surface area (Å²) < 4.78 is 31.6. The SMILES string of the molecule is CS(=O)(=O)Nc1cccc(CN2CC3(CCN(CCc4ccccc4)CC3)OCC2=O)c1.Cl. The minimum Gasteiger partial charge on any atom is -0.363 e. The lowest BCUT2D eigenvalue weighted by atomic mass is 9.89. The van der Waals surface area contributed by atoms with Crippen molar-refractivity contribution in [2.75, 3.05) is 43.8 Å². The first-order chi connectivity index (χ1) is 15.3. The highest BCUT2D eigenvalue weighted by molar-refractivity contribution is 7.92. The van der Waals surface area contributed by atoms with Crippen LogP contribution in [-0.2, 0) is 32.5 Å². The van der Waals surface area contributed by atoms with Crippen LogP contribution in [0.1, 0.15) is 24.0 Å². The van der Waals surface area contributed by atoms with Gasteiger partial charge < -0.3 is 14.5 Å². The van der Waals surface area contributed by atoms with Gasteiger partial charge in [-0.3, -0.25) is 9.52 Å². The van der Waals surface area contributed by atoms with E-state index in [0.29, 0.717) is 18.8 Å². The first-order valence-electron chi connectivity index (χ1n) is 11.1. The monoisotopic (exact) mass is 493 g/mol. The number of benzene rings is 2. The van der Waals surface area contributed by atoms with E-state index in [1.165, 1.54) is 5.56 Å². The van der Waals surface area contributed by atoms with Gasteiger partial charge in [0.05, 0.1) is 18.4 Å². The summed E-state index contributed by atoms with van der Waals surface area (Å²) in [5.74, 6) is -0.0244. The number of rotatable bonds is 7. The van der Waals surface area contributed by atoms with E-state index < -0.39 is 10.0 Å². The van der Waals surface area contributed by atoms with Crippen LogP contribution in [0.4, 0.5) is 5.69 Å². The number of morpholine rings is 1. The molecule has 0 unspecified atom stereocenters. The molecular formula is C24H32ClN3O4S. The van der Waals surface area contributed by atoms with Gasteiger partial charge in [0.25, 0.3) is 0 Å².